The predicted molar refractivity (Wildman–Crippen MR) is 77.7 cm³/mol. The SMILES string of the molecule is CCCCC(C)(C)CNc1ccc(C)cc1C. The van der Waals surface area contributed by atoms with Crippen LogP contribution >= 0.6 is 0 Å². The lowest BCUT2D eigenvalue weighted by atomic mass is 9.87. The molecule has 0 aliphatic carbocycles. The van der Waals surface area contributed by atoms with Gasteiger partial charge in [-0.05, 0) is 37.3 Å². The zero-order chi connectivity index (χ0) is 12.9. The summed E-state index contributed by atoms with van der Waals surface area (Å²) < 4.78 is 0. The first-order valence-corrected chi connectivity index (χ1v) is 6.76. The monoisotopic (exact) mass is 233 g/mol. The molecule has 0 aromatic heterocycles. The lowest BCUT2D eigenvalue weighted by molar-refractivity contribution is 0.346. The van der Waals surface area contributed by atoms with Gasteiger partial charge in [0.15, 0.2) is 0 Å². The maximum atomic E-state index is 3.59. The minimum atomic E-state index is 0.382. The molecule has 1 nitrogen and oxygen atoms in total. The zero-order valence-corrected chi connectivity index (χ0v) is 12.1. The van der Waals surface area contributed by atoms with Crippen molar-refractivity contribution in [2.45, 2.75) is 53.9 Å². The highest BCUT2D eigenvalue weighted by Crippen LogP contribution is 2.25. The summed E-state index contributed by atoms with van der Waals surface area (Å²) in [5, 5.41) is 3.59. The van der Waals surface area contributed by atoms with Crippen molar-refractivity contribution in [2.75, 3.05) is 11.9 Å². The minimum Gasteiger partial charge on any atom is -0.384 e. The first-order chi connectivity index (χ1) is 7.94. The zero-order valence-electron chi connectivity index (χ0n) is 12.1. The van der Waals surface area contributed by atoms with Crippen LogP contribution in [0.4, 0.5) is 5.69 Å². The largest absolute Gasteiger partial charge is 0.384 e. The highest BCUT2D eigenvalue weighted by molar-refractivity contribution is 5.51. The highest BCUT2D eigenvalue weighted by Gasteiger charge is 2.16. The molecule has 0 spiro atoms. The molecule has 0 fully saturated rings. The molecule has 0 heterocycles. The fourth-order valence-corrected chi connectivity index (χ4v) is 2.09. The van der Waals surface area contributed by atoms with Gasteiger partial charge in [-0.15, -0.1) is 0 Å². The standard InChI is InChI=1S/C16H27N/c1-6-7-10-16(4,5)12-17-15-9-8-13(2)11-14(15)3/h8-9,11,17H,6-7,10,12H2,1-5H3. The number of aryl methyl sites for hydroxylation is 2. The number of hydrogen-bond donors (Lipinski definition) is 1. The van der Waals surface area contributed by atoms with Gasteiger partial charge in [-0.25, -0.2) is 0 Å². The van der Waals surface area contributed by atoms with Crippen molar-refractivity contribution in [3.05, 3.63) is 29.3 Å². The molecule has 0 bridgehead atoms. The van der Waals surface area contributed by atoms with E-state index in [1.165, 1.54) is 36.1 Å². The van der Waals surface area contributed by atoms with Crippen LogP contribution in [0.25, 0.3) is 0 Å². The van der Waals surface area contributed by atoms with Crippen molar-refractivity contribution >= 4 is 5.69 Å². The number of benzene rings is 1. The van der Waals surface area contributed by atoms with Gasteiger partial charge in [-0.3, -0.25) is 0 Å². The Kier molecular flexibility index (Phi) is 5.04. The van der Waals surface area contributed by atoms with Gasteiger partial charge in [-0.2, -0.15) is 0 Å². The lowest BCUT2D eigenvalue weighted by Crippen LogP contribution is -2.23. The van der Waals surface area contributed by atoms with Crippen molar-refractivity contribution in [1.29, 1.82) is 0 Å². The quantitative estimate of drug-likeness (QED) is 0.734. The first-order valence-electron chi connectivity index (χ1n) is 6.76. The fourth-order valence-electron chi connectivity index (χ4n) is 2.09. The van der Waals surface area contributed by atoms with Gasteiger partial charge < -0.3 is 5.32 Å². The topological polar surface area (TPSA) is 12.0 Å². The van der Waals surface area contributed by atoms with Gasteiger partial charge in [0.1, 0.15) is 0 Å². The van der Waals surface area contributed by atoms with E-state index in [2.05, 4.69) is 58.1 Å². The Morgan fingerprint density at radius 1 is 1.18 bits per heavy atom. The molecule has 1 aromatic carbocycles. The van der Waals surface area contributed by atoms with Crippen molar-refractivity contribution < 1.29 is 0 Å². The van der Waals surface area contributed by atoms with Crippen molar-refractivity contribution in [3.8, 4) is 0 Å². The summed E-state index contributed by atoms with van der Waals surface area (Å²) in [5.41, 5.74) is 4.34. The second-order valence-electron chi connectivity index (χ2n) is 5.94. The Morgan fingerprint density at radius 3 is 2.47 bits per heavy atom. The Balaban J connectivity index is 2.54. The molecule has 1 aromatic rings. The number of nitrogens with one attached hydrogen (secondary N) is 1. The van der Waals surface area contributed by atoms with E-state index in [0.717, 1.165) is 6.54 Å². The van der Waals surface area contributed by atoms with Crippen LogP contribution in [0.5, 0.6) is 0 Å². The maximum absolute atomic E-state index is 3.59. The van der Waals surface area contributed by atoms with Crippen molar-refractivity contribution in [1.82, 2.24) is 0 Å². The van der Waals surface area contributed by atoms with E-state index >= 15 is 0 Å². The van der Waals surface area contributed by atoms with Crippen molar-refractivity contribution in [2.24, 2.45) is 5.41 Å². The molecule has 1 rings (SSSR count). The van der Waals surface area contributed by atoms with E-state index in [0.29, 0.717) is 5.41 Å². The van der Waals surface area contributed by atoms with E-state index in [9.17, 15) is 0 Å². The van der Waals surface area contributed by atoms with E-state index < -0.39 is 0 Å². The Labute approximate surface area is 107 Å². The van der Waals surface area contributed by atoms with Crippen LogP contribution in [-0.4, -0.2) is 6.54 Å². The van der Waals surface area contributed by atoms with Crippen LogP contribution in [0.3, 0.4) is 0 Å². The number of unbranched alkanes of at least 4 members (excludes halogenated alkanes) is 1. The number of anilines is 1. The average molecular weight is 233 g/mol. The van der Waals surface area contributed by atoms with Crippen LogP contribution in [0.1, 0.15) is 51.2 Å². The van der Waals surface area contributed by atoms with Crippen LogP contribution < -0.4 is 5.32 Å². The Hall–Kier alpha value is -0.980. The van der Waals surface area contributed by atoms with Gasteiger partial charge in [0.2, 0.25) is 0 Å². The molecular weight excluding hydrogens is 206 g/mol. The van der Waals surface area contributed by atoms with Crippen LogP contribution in [0.15, 0.2) is 18.2 Å². The summed E-state index contributed by atoms with van der Waals surface area (Å²) in [6, 6.07) is 6.61. The maximum Gasteiger partial charge on any atom is 0.0370 e. The molecule has 0 radical (unpaired) electrons. The van der Waals surface area contributed by atoms with E-state index in [1.54, 1.807) is 0 Å². The summed E-state index contributed by atoms with van der Waals surface area (Å²) in [6.45, 7) is 12.3. The number of hydrogen-bond acceptors (Lipinski definition) is 1. The van der Waals surface area contributed by atoms with E-state index in [4.69, 9.17) is 0 Å². The highest BCUT2D eigenvalue weighted by atomic mass is 14.9. The van der Waals surface area contributed by atoms with Crippen LogP contribution in [0, 0.1) is 19.3 Å². The Bertz CT molecular complexity index is 353. The second-order valence-corrected chi connectivity index (χ2v) is 5.94. The lowest BCUT2D eigenvalue weighted by Gasteiger charge is -2.26. The second kappa shape index (κ2) is 6.09. The summed E-state index contributed by atoms with van der Waals surface area (Å²) in [6.07, 6.45) is 3.90. The smallest absolute Gasteiger partial charge is 0.0370 e. The molecule has 0 saturated heterocycles. The molecule has 0 unspecified atom stereocenters. The Morgan fingerprint density at radius 2 is 1.88 bits per heavy atom. The van der Waals surface area contributed by atoms with Crippen LogP contribution in [-0.2, 0) is 0 Å². The predicted octanol–water partition coefficient (Wildman–Crippen LogP) is 4.93. The van der Waals surface area contributed by atoms with Gasteiger partial charge in [0.05, 0.1) is 0 Å². The third-order valence-corrected chi connectivity index (χ3v) is 3.35. The fraction of sp³-hybridized carbons (Fsp3) is 0.625. The molecule has 0 amide bonds. The van der Waals surface area contributed by atoms with Gasteiger partial charge >= 0.3 is 0 Å². The third-order valence-electron chi connectivity index (χ3n) is 3.35. The van der Waals surface area contributed by atoms with Gasteiger partial charge in [0.25, 0.3) is 0 Å². The molecule has 17 heavy (non-hydrogen) atoms. The number of rotatable bonds is 6. The molecule has 96 valence electrons. The molecule has 1 N–H and O–H groups in total. The molecule has 0 aliphatic rings. The minimum absolute atomic E-state index is 0.382. The van der Waals surface area contributed by atoms with E-state index in [1.807, 2.05) is 0 Å². The van der Waals surface area contributed by atoms with Gasteiger partial charge in [0, 0.05) is 12.2 Å². The van der Waals surface area contributed by atoms with E-state index in [-0.39, 0.29) is 0 Å². The van der Waals surface area contributed by atoms with Crippen molar-refractivity contribution in [3.63, 3.8) is 0 Å². The van der Waals surface area contributed by atoms with Gasteiger partial charge in [-0.1, -0.05) is 51.3 Å². The summed E-state index contributed by atoms with van der Waals surface area (Å²) in [7, 11) is 0. The summed E-state index contributed by atoms with van der Waals surface area (Å²) in [4.78, 5) is 0. The average Bonchev–Trinajstić information content (AvgIpc) is 2.25. The normalized spacial score (nSPS) is 11.6. The molecule has 0 aliphatic heterocycles. The first kappa shape index (κ1) is 14.1. The molecule has 0 saturated carbocycles. The summed E-state index contributed by atoms with van der Waals surface area (Å²) in [5.74, 6) is 0. The molecular formula is C16H27N. The third kappa shape index (κ3) is 4.80. The summed E-state index contributed by atoms with van der Waals surface area (Å²) >= 11 is 0. The van der Waals surface area contributed by atoms with Crippen LogP contribution in [0.2, 0.25) is 0 Å². The molecule has 0 atom stereocenters. The molecule has 1 heteroatoms.